The fraction of sp³-hybridized carbons (Fsp3) is 0.231. The molecule has 0 spiro atoms. The monoisotopic (exact) mass is 396 g/mol. The number of nitrogens with one attached hydrogen (secondary N) is 2. The summed E-state index contributed by atoms with van der Waals surface area (Å²) in [5.41, 5.74) is 14.3. The number of anilines is 5. The third kappa shape index (κ3) is 3.39. The Hall–Kier alpha value is -3.40. The van der Waals surface area contributed by atoms with E-state index in [-0.39, 0.29) is 0 Å². The Labute approximate surface area is 178 Å². The summed E-state index contributed by atoms with van der Waals surface area (Å²) in [6, 6.07) is 25.9. The molecule has 5 rings (SSSR count). The molecule has 2 unspecified atom stereocenters. The first-order valence-corrected chi connectivity index (χ1v) is 10.7. The summed E-state index contributed by atoms with van der Waals surface area (Å²) in [7, 11) is 1.98. The lowest BCUT2D eigenvalue weighted by Crippen LogP contribution is -2.31. The molecule has 0 aromatic heterocycles. The van der Waals surface area contributed by atoms with Gasteiger partial charge in [0, 0.05) is 59.6 Å². The van der Waals surface area contributed by atoms with E-state index >= 15 is 0 Å². The van der Waals surface area contributed by atoms with Crippen molar-refractivity contribution in [3.8, 4) is 0 Å². The number of fused-ring (bicyclic) bond motifs is 3. The standard InChI is InChI=1S/C26H28N4/c1-28-20-12-15-24-23-9-5-8-21(29-19-6-3-2-4-7-19)17-26(23)30(25(24)16-20)22-13-10-18(27)11-14-22/h2-4,6-8,10-16,23,26,28-29H,5,9,17,27H2,1H3. The van der Waals surface area contributed by atoms with Crippen molar-refractivity contribution in [2.75, 3.05) is 28.3 Å². The maximum absolute atomic E-state index is 5.98. The predicted octanol–water partition coefficient (Wildman–Crippen LogP) is 6.09. The van der Waals surface area contributed by atoms with Crippen molar-refractivity contribution in [1.82, 2.24) is 0 Å². The van der Waals surface area contributed by atoms with E-state index < -0.39 is 0 Å². The van der Waals surface area contributed by atoms with Gasteiger partial charge < -0.3 is 21.3 Å². The van der Waals surface area contributed by atoms with Crippen LogP contribution in [0, 0.1) is 0 Å². The number of nitrogen functional groups attached to an aromatic ring is 1. The topological polar surface area (TPSA) is 53.3 Å². The second-order valence-electron chi connectivity index (χ2n) is 8.16. The first-order valence-electron chi connectivity index (χ1n) is 10.7. The van der Waals surface area contributed by atoms with Gasteiger partial charge in [0.25, 0.3) is 0 Å². The highest BCUT2D eigenvalue weighted by Crippen LogP contribution is 2.51. The molecule has 4 N–H and O–H groups in total. The van der Waals surface area contributed by atoms with Gasteiger partial charge in [0.05, 0.1) is 0 Å². The molecule has 2 atom stereocenters. The average Bonchev–Trinajstić information content (AvgIpc) is 2.92. The molecule has 0 saturated heterocycles. The third-order valence-electron chi connectivity index (χ3n) is 6.32. The van der Waals surface area contributed by atoms with Crippen LogP contribution in [0.25, 0.3) is 0 Å². The van der Waals surface area contributed by atoms with E-state index in [0.29, 0.717) is 12.0 Å². The Bertz CT molecular complexity index is 1060. The maximum Gasteiger partial charge on any atom is 0.0470 e. The van der Waals surface area contributed by atoms with Crippen molar-refractivity contribution >= 4 is 28.4 Å². The normalized spacial score (nSPS) is 20.0. The highest BCUT2D eigenvalue weighted by molar-refractivity contribution is 5.77. The minimum atomic E-state index is 0.376. The number of hydrogen-bond acceptors (Lipinski definition) is 4. The van der Waals surface area contributed by atoms with Crippen LogP contribution in [0.1, 0.15) is 30.7 Å². The van der Waals surface area contributed by atoms with Crippen LogP contribution in [-0.4, -0.2) is 13.1 Å². The summed E-state index contributed by atoms with van der Waals surface area (Å²) in [5.74, 6) is 0.509. The quantitative estimate of drug-likeness (QED) is 0.467. The van der Waals surface area contributed by atoms with E-state index in [1.807, 2.05) is 19.2 Å². The van der Waals surface area contributed by atoms with E-state index in [2.05, 4.69) is 82.3 Å². The van der Waals surface area contributed by atoms with Gasteiger partial charge in [-0.2, -0.15) is 0 Å². The van der Waals surface area contributed by atoms with Crippen LogP contribution in [0.5, 0.6) is 0 Å². The van der Waals surface area contributed by atoms with Gasteiger partial charge in [-0.25, -0.2) is 0 Å². The lowest BCUT2D eigenvalue weighted by Gasteiger charge is -2.31. The Kier molecular flexibility index (Phi) is 4.83. The fourth-order valence-corrected chi connectivity index (χ4v) is 4.89. The van der Waals surface area contributed by atoms with Gasteiger partial charge in [0.15, 0.2) is 0 Å². The number of para-hydroxylation sites is 1. The number of allylic oxidation sites excluding steroid dienone is 1. The highest BCUT2D eigenvalue weighted by Gasteiger charge is 2.40. The van der Waals surface area contributed by atoms with Gasteiger partial charge in [0.1, 0.15) is 0 Å². The number of benzene rings is 3. The van der Waals surface area contributed by atoms with Gasteiger partial charge in [-0.15, -0.1) is 0 Å². The molecule has 1 heterocycles. The third-order valence-corrected chi connectivity index (χ3v) is 6.32. The molecular formula is C26H28N4. The maximum atomic E-state index is 5.98. The Morgan fingerprint density at radius 1 is 0.933 bits per heavy atom. The van der Waals surface area contributed by atoms with Crippen molar-refractivity contribution in [2.45, 2.75) is 31.2 Å². The SMILES string of the molecule is CNc1ccc2c(c1)N(c1ccc(N)cc1)C1CC(Nc3ccccc3)=CCCC21. The highest BCUT2D eigenvalue weighted by atomic mass is 15.2. The first kappa shape index (κ1) is 18.6. The van der Waals surface area contributed by atoms with Crippen LogP contribution in [0.2, 0.25) is 0 Å². The smallest absolute Gasteiger partial charge is 0.0470 e. The van der Waals surface area contributed by atoms with Crippen LogP contribution in [0.4, 0.5) is 28.4 Å². The molecule has 3 aromatic carbocycles. The number of hydrogen-bond donors (Lipinski definition) is 3. The Morgan fingerprint density at radius 2 is 1.73 bits per heavy atom. The van der Waals surface area contributed by atoms with Crippen molar-refractivity contribution in [3.05, 3.63) is 90.1 Å². The zero-order valence-corrected chi connectivity index (χ0v) is 17.3. The second kappa shape index (κ2) is 7.79. The Balaban J connectivity index is 1.53. The molecule has 3 aromatic rings. The fourth-order valence-electron chi connectivity index (χ4n) is 4.89. The van der Waals surface area contributed by atoms with Gasteiger partial charge in [-0.1, -0.05) is 30.3 Å². The number of rotatable bonds is 4. The lowest BCUT2D eigenvalue weighted by atomic mass is 9.90. The molecular weight excluding hydrogens is 368 g/mol. The zero-order chi connectivity index (χ0) is 20.5. The molecule has 0 amide bonds. The molecule has 30 heavy (non-hydrogen) atoms. The van der Waals surface area contributed by atoms with Gasteiger partial charge in [-0.3, -0.25) is 0 Å². The van der Waals surface area contributed by atoms with E-state index in [1.165, 1.54) is 22.6 Å². The summed E-state index contributed by atoms with van der Waals surface area (Å²) < 4.78 is 0. The Morgan fingerprint density at radius 3 is 2.50 bits per heavy atom. The average molecular weight is 397 g/mol. The van der Waals surface area contributed by atoms with E-state index in [4.69, 9.17) is 5.73 Å². The van der Waals surface area contributed by atoms with Crippen molar-refractivity contribution in [3.63, 3.8) is 0 Å². The van der Waals surface area contributed by atoms with Crippen LogP contribution in [0.15, 0.2) is 84.6 Å². The summed E-state index contributed by atoms with van der Waals surface area (Å²) in [6.07, 6.45) is 5.60. The van der Waals surface area contributed by atoms with Crippen LogP contribution in [0.3, 0.4) is 0 Å². The summed E-state index contributed by atoms with van der Waals surface area (Å²) in [5, 5.41) is 6.97. The van der Waals surface area contributed by atoms with Crippen LogP contribution >= 0.6 is 0 Å². The van der Waals surface area contributed by atoms with Crippen molar-refractivity contribution in [1.29, 1.82) is 0 Å². The molecule has 1 aliphatic heterocycles. The number of nitrogens with two attached hydrogens (primary N) is 1. The van der Waals surface area contributed by atoms with Crippen LogP contribution < -0.4 is 21.3 Å². The van der Waals surface area contributed by atoms with Crippen molar-refractivity contribution < 1.29 is 0 Å². The van der Waals surface area contributed by atoms with Gasteiger partial charge >= 0.3 is 0 Å². The molecule has 0 radical (unpaired) electrons. The second-order valence-corrected chi connectivity index (χ2v) is 8.16. The van der Waals surface area contributed by atoms with E-state index in [0.717, 1.165) is 36.3 Å². The van der Waals surface area contributed by atoms with Gasteiger partial charge in [0.2, 0.25) is 0 Å². The first-order chi connectivity index (χ1) is 14.7. The molecule has 0 fully saturated rings. The lowest BCUT2D eigenvalue weighted by molar-refractivity contribution is 0.538. The minimum absolute atomic E-state index is 0.376. The van der Waals surface area contributed by atoms with Crippen molar-refractivity contribution in [2.24, 2.45) is 0 Å². The summed E-state index contributed by atoms with van der Waals surface area (Å²) in [4.78, 5) is 2.52. The van der Waals surface area contributed by atoms with E-state index in [9.17, 15) is 0 Å². The largest absolute Gasteiger partial charge is 0.399 e. The number of nitrogens with zero attached hydrogens (tertiary/aromatic N) is 1. The summed E-state index contributed by atoms with van der Waals surface area (Å²) >= 11 is 0. The van der Waals surface area contributed by atoms with Crippen LogP contribution in [-0.2, 0) is 0 Å². The molecule has 1 aliphatic carbocycles. The van der Waals surface area contributed by atoms with Gasteiger partial charge in [-0.05, 0) is 66.9 Å². The molecule has 0 bridgehead atoms. The minimum Gasteiger partial charge on any atom is -0.399 e. The van der Waals surface area contributed by atoms with E-state index in [1.54, 1.807) is 0 Å². The molecule has 4 nitrogen and oxygen atoms in total. The summed E-state index contributed by atoms with van der Waals surface area (Å²) in [6.45, 7) is 0. The predicted molar refractivity (Wildman–Crippen MR) is 128 cm³/mol. The molecule has 0 saturated carbocycles. The molecule has 2 aliphatic rings. The molecule has 4 heteroatoms. The zero-order valence-electron chi connectivity index (χ0n) is 17.3. The molecule has 152 valence electrons.